The molecule has 0 aliphatic rings. The van der Waals surface area contributed by atoms with Crippen LogP contribution in [0.15, 0.2) is 69.6 Å². The molecule has 0 unspecified atom stereocenters. The van der Waals surface area contributed by atoms with Gasteiger partial charge in [0.1, 0.15) is 17.7 Å². The Morgan fingerprint density at radius 1 is 1.09 bits per heavy atom. The van der Waals surface area contributed by atoms with Crippen molar-refractivity contribution in [3.63, 3.8) is 0 Å². The third-order valence-electron chi connectivity index (χ3n) is 5.51. The van der Waals surface area contributed by atoms with Crippen molar-refractivity contribution in [1.82, 2.24) is 23.9 Å². The van der Waals surface area contributed by atoms with Gasteiger partial charge in [-0.15, -0.1) is 10.2 Å². The minimum absolute atomic E-state index is 0.0907. The molecule has 4 aromatic rings. The average Bonchev–Trinajstić information content (AvgIpc) is 3.28. The first-order valence-corrected chi connectivity index (χ1v) is 11.5. The van der Waals surface area contributed by atoms with Gasteiger partial charge in [0, 0.05) is 7.05 Å². The molecule has 0 amide bonds. The molecule has 0 aliphatic carbocycles. The topological polar surface area (TPSA) is 118 Å². The fourth-order valence-corrected chi connectivity index (χ4v) is 4.52. The average molecular weight is 477 g/mol. The molecule has 4 rings (SSSR count). The second-order valence-electron chi connectivity index (χ2n) is 7.96. The minimum Gasteiger partial charge on any atom is -0.384 e. The molecule has 0 atom stereocenters. The SMILES string of the molecule is Cc1ccc(-n2cnnc2SCC(=O)c2c(N)n(Cc3ccccc3)c(=O)n(C)c2=O)c(C)c1. The number of benzene rings is 2. The zero-order valence-electron chi connectivity index (χ0n) is 19.1. The van der Waals surface area contributed by atoms with Crippen LogP contribution in [-0.4, -0.2) is 35.4 Å². The fourth-order valence-electron chi connectivity index (χ4n) is 3.73. The van der Waals surface area contributed by atoms with Crippen LogP contribution < -0.4 is 17.0 Å². The summed E-state index contributed by atoms with van der Waals surface area (Å²) in [5, 5.41) is 8.61. The van der Waals surface area contributed by atoms with Gasteiger partial charge in [-0.2, -0.15) is 0 Å². The van der Waals surface area contributed by atoms with Gasteiger partial charge in [0.15, 0.2) is 10.9 Å². The van der Waals surface area contributed by atoms with E-state index in [2.05, 4.69) is 16.3 Å². The fraction of sp³-hybridized carbons (Fsp3) is 0.208. The van der Waals surface area contributed by atoms with Crippen molar-refractivity contribution in [1.29, 1.82) is 0 Å². The molecule has 0 saturated carbocycles. The van der Waals surface area contributed by atoms with Gasteiger partial charge in [0.2, 0.25) is 0 Å². The van der Waals surface area contributed by atoms with E-state index in [0.717, 1.165) is 38.7 Å². The highest BCUT2D eigenvalue weighted by Crippen LogP contribution is 2.23. The quantitative estimate of drug-likeness (QED) is 0.321. The van der Waals surface area contributed by atoms with Gasteiger partial charge in [0.25, 0.3) is 5.56 Å². The van der Waals surface area contributed by atoms with Crippen LogP contribution in [0, 0.1) is 13.8 Å². The number of hydrogen-bond donors (Lipinski definition) is 1. The molecule has 10 heteroatoms. The zero-order chi connectivity index (χ0) is 24.4. The van der Waals surface area contributed by atoms with E-state index in [-0.39, 0.29) is 23.7 Å². The Morgan fingerprint density at radius 2 is 1.82 bits per heavy atom. The molecule has 0 fully saturated rings. The zero-order valence-corrected chi connectivity index (χ0v) is 19.9. The summed E-state index contributed by atoms with van der Waals surface area (Å²) in [7, 11) is 1.34. The van der Waals surface area contributed by atoms with Crippen molar-refractivity contribution >= 4 is 23.4 Å². The van der Waals surface area contributed by atoms with E-state index in [4.69, 9.17) is 5.73 Å². The third-order valence-corrected chi connectivity index (χ3v) is 6.45. The van der Waals surface area contributed by atoms with Crippen LogP contribution in [-0.2, 0) is 13.6 Å². The number of rotatable bonds is 7. The number of aromatic nitrogens is 5. The summed E-state index contributed by atoms with van der Waals surface area (Å²) in [5.74, 6) is -0.717. The number of anilines is 1. The predicted octanol–water partition coefficient (Wildman–Crippen LogP) is 2.35. The molecule has 2 N–H and O–H groups in total. The highest BCUT2D eigenvalue weighted by molar-refractivity contribution is 7.99. The van der Waals surface area contributed by atoms with Gasteiger partial charge in [-0.3, -0.25) is 23.3 Å². The lowest BCUT2D eigenvalue weighted by atomic mass is 10.1. The number of nitrogen functional groups attached to an aromatic ring is 1. The lowest BCUT2D eigenvalue weighted by molar-refractivity contribution is 0.102. The molecule has 0 spiro atoms. The normalized spacial score (nSPS) is 11.0. The lowest BCUT2D eigenvalue weighted by Gasteiger charge is -2.15. The van der Waals surface area contributed by atoms with Crippen molar-refractivity contribution in [3.8, 4) is 5.69 Å². The van der Waals surface area contributed by atoms with Gasteiger partial charge in [-0.05, 0) is 31.0 Å². The summed E-state index contributed by atoms with van der Waals surface area (Å²) in [6.45, 7) is 4.15. The van der Waals surface area contributed by atoms with E-state index in [0.29, 0.717) is 5.16 Å². The molecular formula is C24H24N6O3S. The van der Waals surface area contributed by atoms with Crippen molar-refractivity contribution in [2.45, 2.75) is 25.5 Å². The minimum atomic E-state index is -0.715. The summed E-state index contributed by atoms with van der Waals surface area (Å²) >= 11 is 1.15. The number of carbonyl (C=O) groups excluding carboxylic acids is 1. The highest BCUT2D eigenvalue weighted by Gasteiger charge is 2.22. The van der Waals surface area contributed by atoms with Gasteiger partial charge in [-0.1, -0.05) is 59.8 Å². The molecule has 2 heterocycles. The number of thioether (sulfide) groups is 1. The summed E-state index contributed by atoms with van der Waals surface area (Å²) in [6, 6.07) is 15.2. The summed E-state index contributed by atoms with van der Waals surface area (Å²) in [6.07, 6.45) is 1.58. The van der Waals surface area contributed by atoms with Crippen LogP contribution >= 0.6 is 11.8 Å². The van der Waals surface area contributed by atoms with Crippen LogP contribution in [0.1, 0.15) is 27.0 Å². The van der Waals surface area contributed by atoms with Gasteiger partial charge in [0.05, 0.1) is 18.0 Å². The first-order valence-electron chi connectivity index (χ1n) is 10.5. The van der Waals surface area contributed by atoms with Gasteiger partial charge >= 0.3 is 5.69 Å². The van der Waals surface area contributed by atoms with Gasteiger partial charge < -0.3 is 5.73 Å². The number of ketones is 1. The van der Waals surface area contributed by atoms with Crippen LogP contribution in [0.5, 0.6) is 0 Å². The molecule has 2 aromatic heterocycles. The summed E-state index contributed by atoms with van der Waals surface area (Å²) in [5.41, 5.74) is 8.59. The molecular weight excluding hydrogens is 452 g/mol. The van der Waals surface area contributed by atoms with Crippen molar-refractivity contribution in [2.24, 2.45) is 7.05 Å². The molecule has 174 valence electrons. The summed E-state index contributed by atoms with van der Waals surface area (Å²) < 4.78 is 3.95. The van der Waals surface area contributed by atoms with Crippen molar-refractivity contribution in [2.75, 3.05) is 11.5 Å². The Morgan fingerprint density at radius 3 is 2.53 bits per heavy atom. The number of nitrogens with zero attached hydrogens (tertiary/aromatic N) is 5. The van der Waals surface area contributed by atoms with E-state index >= 15 is 0 Å². The second-order valence-corrected chi connectivity index (χ2v) is 8.91. The largest absolute Gasteiger partial charge is 0.384 e. The Kier molecular flexibility index (Phi) is 6.51. The maximum atomic E-state index is 13.1. The summed E-state index contributed by atoms with van der Waals surface area (Å²) in [4.78, 5) is 38.6. The highest BCUT2D eigenvalue weighted by atomic mass is 32.2. The maximum Gasteiger partial charge on any atom is 0.332 e. The molecule has 9 nitrogen and oxygen atoms in total. The Bertz CT molecular complexity index is 1490. The number of carbonyl (C=O) groups is 1. The van der Waals surface area contributed by atoms with E-state index in [9.17, 15) is 14.4 Å². The molecule has 0 radical (unpaired) electrons. The standard InChI is InChI=1S/C24H24N6O3S/c1-15-9-10-18(16(2)11-15)30-14-26-27-23(30)34-13-19(31)20-21(25)29(24(33)28(3)22(20)32)12-17-7-5-4-6-8-17/h4-11,14H,12-13,25H2,1-3H3. The number of Topliss-reactive ketones (excluding diaryl/α,β-unsaturated/α-hetero) is 1. The molecule has 0 aliphatic heterocycles. The van der Waals surface area contributed by atoms with E-state index < -0.39 is 17.0 Å². The number of hydrogen-bond acceptors (Lipinski definition) is 7. The molecule has 0 bridgehead atoms. The first-order chi connectivity index (χ1) is 16.3. The second kappa shape index (κ2) is 9.52. The van der Waals surface area contributed by atoms with Crippen LogP contribution in [0.4, 0.5) is 5.82 Å². The van der Waals surface area contributed by atoms with Crippen LogP contribution in [0.2, 0.25) is 0 Å². The van der Waals surface area contributed by atoms with Gasteiger partial charge in [-0.25, -0.2) is 4.79 Å². The Hall–Kier alpha value is -3.92. The predicted molar refractivity (Wildman–Crippen MR) is 132 cm³/mol. The molecule has 34 heavy (non-hydrogen) atoms. The maximum absolute atomic E-state index is 13.1. The Balaban J connectivity index is 1.63. The van der Waals surface area contributed by atoms with E-state index in [1.54, 1.807) is 10.9 Å². The van der Waals surface area contributed by atoms with E-state index in [1.807, 2.05) is 56.3 Å². The van der Waals surface area contributed by atoms with Crippen LogP contribution in [0.3, 0.4) is 0 Å². The first kappa shape index (κ1) is 23.2. The monoisotopic (exact) mass is 476 g/mol. The number of aryl methyl sites for hydroxylation is 2. The van der Waals surface area contributed by atoms with Crippen LogP contribution in [0.25, 0.3) is 5.69 Å². The molecule has 2 aromatic carbocycles. The lowest BCUT2D eigenvalue weighted by Crippen LogP contribution is -2.43. The van der Waals surface area contributed by atoms with Crippen molar-refractivity contribution < 1.29 is 4.79 Å². The Labute approximate surface area is 199 Å². The third kappa shape index (κ3) is 4.44. The smallest absolute Gasteiger partial charge is 0.332 e. The molecule has 0 saturated heterocycles. The number of nitrogens with two attached hydrogens (primary N) is 1. The van der Waals surface area contributed by atoms with E-state index in [1.165, 1.54) is 11.6 Å². The van der Waals surface area contributed by atoms with Crippen molar-refractivity contribution in [3.05, 3.63) is 98.0 Å².